The Morgan fingerprint density at radius 2 is 2.12 bits per heavy atom. The molecule has 1 atom stereocenters. The van der Waals surface area contributed by atoms with Crippen LogP contribution in [-0.4, -0.2) is 37.2 Å². The third-order valence-electron chi connectivity index (χ3n) is 4.83. The van der Waals surface area contributed by atoms with Gasteiger partial charge in [0.25, 0.3) is 0 Å². The van der Waals surface area contributed by atoms with Gasteiger partial charge in [-0.1, -0.05) is 12.1 Å². The van der Waals surface area contributed by atoms with Gasteiger partial charge in [0.2, 0.25) is 21.9 Å². The molecule has 0 bridgehead atoms. The van der Waals surface area contributed by atoms with Crippen molar-refractivity contribution < 1.29 is 26.5 Å². The molecule has 1 aromatic rings. The number of carbonyl (C=O) groups is 1. The molecule has 1 unspecified atom stereocenters. The van der Waals surface area contributed by atoms with E-state index >= 15 is 0 Å². The SMILES string of the molecule is CCCS(=O)(=O)NC1CCc2onc(CNC(=O)C3CC(F)(F)C3)c2C1. The van der Waals surface area contributed by atoms with Crippen molar-refractivity contribution in [2.24, 2.45) is 5.92 Å². The number of alkyl halides is 2. The number of amides is 1. The molecule has 7 nitrogen and oxygen atoms in total. The van der Waals surface area contributed by atoms with Crippen LogP contribution in [0.25, 0.3) is 0 Å². The number of aromatic nitrogens is 1. The Morgan fingerprint density at radius 1 is 1.38 bits per heavy atom. The van der Waals surface area contributed by atoms with Gasteiger partial charge in [-0.15, -0.1) is 0 Å². The first kappa shape index (κ1) is 19.2. The van der Waals surface area contributed by atoms with Crippen molar-refractivity contribution in [1.82, 2.24) is 15.2 Å². The lowest BCUT2D eigenvalue weighted by molar-refractivity contribution is -0.150. The molecule has 26 heavy (non-hydrogen) atoms. The largest absolute Gasteiger partial charge is 0.361 e. The third kappa shape index (κ3) is 4.40. The highest BCUT2D eigenvalue weighted by Gasteiger charge is 2.48. The molecule has 0 aromatic carbocycles. The van der Waals surface area contributed by atoms with Crippen molar-refractivity contribution in [3.05, 3.63) is 17.0 Å². The first-order chi connectivity index (χ1) is 12.2. The van der Waals surface area contributed by atoms with E-state index in [0.29, 0.717) is 37.1 Å². The van der Waals surface area contributed by atoms with Gasteiger partial charge in [-0.2, -0.15) is 0 Å². The van der Waals surface area contributed by atoms with E-state index in [2.05, 4.69) is 15.2 Å². The van der Waals surface area contributed by atoms with Crippen LogP contribution in [0, 0.1) is 5.92 Å². The summed E-state index contributed by atoms with van der Waals surface area (Å²) in [5, 5.41) is 6.58. The van der Waals surface area contributed by atoms with Crippen LogP contribution in [0.3, 0.4) is 0 Å². The standard InChI is InChI=1S/C16H23F2N3O4S/c1-2-5-26(23,24)21-11-3-4-14-12(6-11)13(20-25-14)9-19-15(22)10-7-16(17,18)8-10/h10-11,21H,2-9H2,1H3,(H,19,22). The second-order valence-corrected chi connectivity index (χ2v) is 8.96. The minimum absolute atomic E-state index is 0.0783. The van der Waals surface area contributed by atoms with E-state index in [1.807, 2.05) is 0 Å². The summed E-state index contributed by atoms with van der Waals surface area (Å²) in [5.74, 6) is -3.05. The molecule has 0 aliphatic heterocycles. The number of aryl methyl sites for hydroxylation is 1. The lowest BCUT2D eigenvalue weighted by Gasteiger charge is -2.33. The van der Waals surface area contributed by atoms with Crippen LogP contribution in [0.5, 0.6) is 0 Å². The highest BCUT2D eigenvalue weighted by Crippen LogP contribution is 2.42. The maximum absolute atomic E-state index is 12.9. The van der Waals surface area contributed by atoms with E-state index in [1.165, 1.54) is 0 Å². The number of halogens is 2. The monoisotopic (exact) mass is 391 g/mol. The van der Waals surface area contributed by atoms with E-state index in [0.717, 1.165) is 5.56 Å². The van der Waals surface area contributed by atoms with Crippen LogP contribution in [0.15, 0.2) is 4.52 Å². The van der Waals surface area contributed by atoms with Gasteiger partial charge in [0.15, 0.2) is 0 Å². The molecule has 0 saturated heterocycles. The number of fused-ring (bicyclic) bond motifs is 1. The lowest BCUT2D eigenvalue weighted by atomic mass is 9.81. The van der Waals surface area contributed by atoms with Crippen LogP contribution < -0.4 is 10.0 Å². The predicted molar refractivity (Wildman–Crippen MR) is 89.0 cm³/mol. The number of carbonyl (C=O) groups excluding carboxylic acids is 1. The smallest absolute Gasteiger partial charge is 0.249 e. The zero-order valence-electron chi connectivity index (χ0n) is 14.6. The predicted octanol–water partition coefficient (Wildman–Crippen LogP) is 1.52. The summed E-state index contributed by atoms with van der Waals surface area (Å²) in [6.07, 6.45) is 1.32. The van der Waals surface area contributed by atoms with Gasteiger partial charge in [-0.25, -0.2) is 21.9 Å². The van der Waals surface area contributed by atoms with Crippen molar-refractivity contribution in [2.75, 3.05) is 5.75 Å². The first-order valence-corrected chi connectivity index (χ1v) is 10.5. The molecule has 0 radical (unpaired) electrons. The number of sulfonamides is 1. The second kappa shape index (κ2) is 7.22. The van der Waals surface area contributed by atoms with Gasteiger partial charge in [-0.05, 0) is 19.3 Å². The molecule has 3 rings (SSSR count). The molecule has 2 N–H and O–H groups in total. The van der Waals surface area contributed by atoms with Crippen molar-refractivity contribution >= 4 is 15.9 Å². The Hall–Kier alpha value is -1.55. The van der Waals surface area contributed by atoms with Crippen LogP contribution in [0.4, 0.5) is 8.78 Å². The molecule has 146 valence electrons. The van der Waals surface area contributed by atoms with E-state index in [4.69, 9.17) is 4.52 Å². The maximum Gasteiger partial charge on any atom is 0.249 e. The molecular formula is C16H23F2N3O4S. The second-order valence-electron chi connectivity index (χ2n) is 7.09. The number of nitrogens with one attached hydrogen (secondary N) is 2. The van der Waals surface area contributed by atoms with Crippen LogP contribution in [0.1, 0.15) is 49.6 Å². The third-order valence-corrected chi connectivity index (χ3v) is 6.47. The van der Waals surface area contributed by atoms with Crippen LogP contribution in [0.2, 0.25) is 0 Å². The molecule has 1 amide bonds. The van der Waals surface area contributed by atoms with E-state index in [9.17, 15) is 22.0 Å². The summed E-state index contributed by atoms with van der Waals surface area (Å²) in [6.45, 7) is 1.89. The van der Waals surface area contributed by atoms with Gasteiger partial charge >= 0.3 is 0 Å². The molecule has 1 saturated carbocycles. The fourth-order valence-electron chi connectivity index (χ4n) is 3.45. The summed E-state index contributed by atoms with van der Waals surface area (Å²) >= 11 is 0. The number of hydrogen-bond donors (Lipinski definition) is 2. The molecule has 1 heterocycles. The Labute approximate surface area is 150 Å². The van der Waals surface area contributed by atoms with Gasteiger partial charge in [0, 0.05) is 36.8 Å². The molecule has 1 fully saturated rings. The van der Waals surface area contributed by atoms with Gasteiger partial charge in [0.05, 0.1) is 12.3 Å². The molecule has 0 spiro atoms. The molecule has 2 aliphatic carbocycles. The first-order valence-electron chi connectivity index (χ1n) is 8.81. The molecular weight excluding hydrogens is 368 g/mol. The van der Waals surface area contributed by atoms with E-state index in [1.54, 1.807) is 6.92 Å². The number of rotatable bonds is 7. The Bertz CT molecular complexity index is 770. The zero-order valence-corrected chi connectivity index (χ0v) is 15.4. The number of nitrogens with zero attached hydrogens (tertiary/aromatic N) is 1. The van der Waals surface area contributed by atoms with Crippen LogP contribution >= 0.6 is 0 Å². The van der Waals surface area contributed by atoms with Crippen molar-refractivity contribution in [2.45, 2.75) is 64.0 Å². The summed E-state index contributed by atoms with van der Waals surface area (Å²) < 4.78 is 57.6. The average Bonchev–Trinajstić information content (AvgIpc) is 2.92. The fraction of sp³-hybridized carbons (Fsp3) is 0.750. The number of hydrogen-bond acceptors (Lipinski definition) is 5. The van der Waals surface area contributed by atoms with E-state index < -0.39 is 40.6 Å². The Morgan fingerprint density at radius 3 is 2.77 bits per heavy atom. The summed E-state index contributed by atoms with van der Waals surface area (Å²) in [5.41, 5.74) is 1.32. The minimum Gasteiger partial charge on any atom is -0.361 e. The topological polar surface area (TPSA) is 101 Å². The zero-order chi connectivity index (χ0) is 18.9. The molecule has 2 aliphatic rings. The summed E-state index contributed by atoms with van der Waals surface area (Å²) in [6, 6.07) is -0.238. The summed E-state index contributed by atoms with van der Waals surface area (Å²) in [4.78, 5) is 11.9. The normalized spacial score (nSPS) is 22.5. The van der Waals surface area contributed by atoms with Gasteiger partial charge < -0.3 is 9.84 Å². The maximum atomic E-state index is 12.9. The average molecular weight is 391 g/mol. The molecule has 1 aromatic heterocycles. The van der Waals surface area contributed by atoms with Gasteiger partial charge in [0.1, 0.15) is 11.5 Å². The Balaban J connectivity index is 1.57. The summed E-state index contributed by atoms with van der Waals surface area (Å²) in [7, 11) is -3.32. The highest BCUT2D eigenvalue weighted by atomic mass is 32.2. The van der Waals surface area contributed by atoms with Crippen molar-refractivity contribution in [1.29, 1.82) is 0 Å². The van der Waals surface area contributed by atoms with Crippen LogP contribution in [-0.2, 0) is 34.2 Å². The van der Waals surface area contributed by atoms with Crippen molar-refractivity contribution in [3.63, 3.8) is 0 Å². The molecule has 10 heteroatoms. The lowest BCUT2D eigenvalue weighted by Crippen LogP contribution is -2.45. The van der Waals surface area contributed by atoms with Gasteiger partial charge in [-0.3, -0.25) is 4.79 Å². The Kier molecular flexibility index (Phi) is 5.34. The highest BCUT2D eigenvalue weighted by molar-refractivity contribution is 7.89. The van der Waals surface area contributed by atoms with E-state index in [-0.39, 0.29) is 18.3 Å². The van der Waals surface area contributed by atoms with Crippen molar-refractivity contribution in [3.8, 4) is 0 Å². The minimum atomic E-state index is -3.32. The fourth-order valence-corrected chi connectivity index (χ4v) is 4.81. The quantitative estimate of drug-likeness (QED) is 0.734.